The standard InChI is InChI=1S/C11H24O3/c1-5-6-7-8-9-11(13-3,14-4)10-12-2/h5-10H2,1-4H3. The zero-order chi connectivity index (χ0) is 10.9. The van der Waals surface area contributed by atoms with Crippen molar-refractivity contribution < 1.29 is 14.2 Å². The number of methoxy groups -OCH3 is 3. The van der Waals surface area contributed by atoms with Crippen molar-refractivity contribution >= 4 is 0 Å². The van der Waals surface area contributed by atoms with E-state index in [1.54, 1.807) is 21.3 Å². The van der Waals surface area contributed by atoms with Gasteiger partial charge in [0.2, 0.25) is 0 Å². The number of hydrogen-bond donors (Lipinski definition) is 0. The molecule has 0 fully saturated rings. The van der Waals surface area contributed by atoms with E-state index in [-0.39, 0.29) is 0 Å². The molecule has 0 unspecified atom stereocenters. The highest BCUT2D eigenvalue weighted by Gasteiger charge is 2.28. The summed E-state index contributed by atoms with van der Waals surface area (Å²) < 4.78 is 15.8. The number of rotatable bonds is 9. The largest absolute Gasteiger partial charge is 0.379 e. The molecule has 14 heavy (non-hydrogen) atoms. The molecule has 0 N–H and O–H groups in total. The Morgan fingerprint density at radius 2 is 1.57 bits per heavy atom. The van der Waals surface area contributed by atoms with Gasteiger partial charge >= 0.3 is 0 Å². The first-order valence-electron chi connectivity index (χ1n) is 5.34. The van der Waals surface area contributed by atoms with Crippen LogP contribution in [0, 0.1) is 0 Å². The topological polar surface area (TPSA) is 27.7 Å². The Morgan fingerprint density at radius 1 is 0.929 bits per heavy atom. The summed E-state index contributed by atoms with van der Waals surface area (Å²) >= 11 is 0. The van der Waals surface area contributed by atoms with Crippen molar-refractivity contribution in [2.75, 3.05) is 27.9 Å². The second-order valence-corrected chi connectivity index (χ2v) is 3.56. The Bertz CT molecular complexity index is 122. The molecule has 0 heterocycles. The molecule has 0 saturated carbocycles. The van der Waals surface area contributed by atoms with Crippen LogP contribution in [-0.4, -0.2) is 33.7 Å². The molecular weight excluding hydrogens is 180 g/mol. The van der Waals surface area contributed by atoms with E-state index in [1.807, 2.05) is 0 Å². The fourth-order valence-corrected chi connectivity index (χ4v) is 1.52. The first kappa shape index (κ1) is 13.9. The lowest BCUT2D eigenvalue weighted by atomic mass is 10.1. The van der Waals surface area contributed by atoms with Gasteiger partial charge in [-0.1, -0.05) is 26.2 Å². The summed E-state index contributed by atoms with van der Waals surface area (Å²) in [5.74, 6) is -0.539. The Hall–Kier alpha value is -0.120. The van der Waals surface area contributed by atoms with Crippen molar-refractivity contribution in [2.24, 2.45) is 0 Å². The normalized spacial score (nSPS) is 12.0. The lowest BCUT2D eigenvalue weighted by molar-refractivity contribution is -0.235. The maximum absolute atomic E-state index is 5.36. The number of ether oxygens (including phenoxy) is 3. The predicted octanol–water partition coefficient (Wildman–Crippen LogP) is 2.59. The van der Waals surface area contributed by atoms with Crippen LogP contribution in [0.5, 0.6) is 0 Å². The van der Waals surface area contributed by atoms with Crippen LogP contribution in [0.2, 0.25) is 0 Å². The molecule has 0 aliphatic heterocycles. The smallest absolute Gasteiger partial charge is 0.191 e. The Labute approximate surface area is 87.7 Å². The van der Waals surface area contributed by atoms with Crippen molar-refractivity contribution in [3.63, 3.8) is 0 Å². The van der Waals surface area contributed by atoms with Crippen LogP contribution < -0.4 is 0 Å². The van der Waals surface area contributed by atoms with Gasteiger partial charge in [0.25, 0.3) is 0 Å². The molecule has 0 aliphatic carbocycles. The lowest BCUT2D eigenvalue weighted by Crippen LogP contribution is -2.38. The summed E-state index contributed by atoms with van der Waals surface area (Å²) in [5.41, 5.74) is 0. The summed E-state index contributed by atoms with van der Waals surface area (Å²) in [5, 5.41) is 0. The van der Waals surface area contributed by atoms with Crippen molar-refractivity contribution in [1.82, 2.24) is 0 Å². The van der Waals surface area contributed by atoms with E-state index in [9.17, 15) is 0 Å². The zero-order valence-electron chi connectivity index (χ0n) is 9.97. The summed E-state index contributed by atoms with van der Waals surface area (Å²) in [7, 11) is 5.00. The molecule has 0 aromatic rings. The highest BCUT2D eigenvalue weighted by Crippen LogP contribution is 2.20. The van der Waals surface area contributed by atoms with Crippen molar-refractivity contribution in [1.29, 1.82) is 0 Å². The zero-order valence-corrected chi connectivity index (χ0v) is 9.97. The summed E-state index contributed by atoms with van der Waals surface area (Å²) in [6.45, 7) is 2.70. The Kier molecular flexibility index (Phi) is 8.14. The fraction of sp³-hybridized carbons (Fsp3) is 1.00. The quantitative estimate of drug-likeness (QED) is 0.427. The van der Waals surface area contributed by atoms with Crippen LogP contribution in [-0.2, 0) is 14.2 Å². The van der Waals surface area contributed by atoms with E-state index in [0.29, 0.717) is 6.61 Å². The molecule has 0 atom stereocenters. The number of hydrogen-bond acceptors (Lipinski definition) is 3. The SMILES string of the molecule is CCCCCCC(COC)(OC)OC. The maximum atomic E-state index is 5.36. The van der Waals surface area contributed by atoms with Gasteiger partial charge in [0.1, 0.15) is 6.61 Å². The van der Waals surface area contributed by atoms with Gasteiger partial charge in [-0.05, 0) is 6.42 Å². The van der Waals surface area contributed by atoms with Gasteiger partial charge in [-0.2, -0.15) is 0 Å². The maximum Gasteiger partial charge on any atom is 0.191 e. The highest BCUT2D eigenvalue weighted by atomic mass is 16.7. The van der Waals surface area contributed by atoms with Crippen LogP contribution in [0.4, 0.5) is 0 Å². The molecule has 0 bridgehead atoms. The van der Waals surface area contributed by atoms with Crippen LogP contribution >= 0.6 is 0 Å². The van der Waals surface area contributed by atoms with Crippen molar-refractivity contribution in [3.8, 4) is 0 Å². The van der Waals surface area contributed by atoms with E-state index in [2.05, 4.69) is 6.92 Å². The van der Waals surface area contributed by atoms with Crippen LogP contribution in [0.3, 0.4) is 0 Å². The monoisotopic (exact) mass is 204 g/mol. The van der Waals surface area contributed by atoms with E-state index < -0.39 is 5.79 Å². The second kappa shape index (κ2) is 8.21. The molecule has 86 valence electrons. The molecule has 0 saturated heterocycles. The van der Waals surface area contributed by atoms with Gasteiger partial charge < -0.3 is 14.2 Å². The Morgan fingerprint density at radius 3 is 2.00 bits per heavy atom. The first-order chi connectivity index (χ1) is 6.74. The summed E-state index contributed by atoms with van der Waals surface area (Å²) in [6, 6.07) is 0. The van der Waals surface area contributed by atoms with Gasteiger partial charge in [-0.25, -0.2) is 0 Å². The van der Waals surface area contributed by atoms with Crippen LogP contribution in [0.1, 0.15) is 39.0 Å². The predicted molar refractivity (Wildman–Crippen MR) is 57.4 cm³/mol. The van der Waals surface area contributed by atoms with Gasteiger partial charge in [-0.15, -0.1) is 0 Å². The minimum atomic E-state index is -0.539. The Balaban J connectivity index is 3.82. The molecule has 3 heteroatoms. The van der Waals surface area contributed by atoms with Crippen molar-refractivity contribution in [2.45, 2.75) is 44.8 Å². The van der Waals surface area contributed by atoms with E-state index in [0.717, 1.165) is 12.8 Å². The average Bonchev–Trinajstić information content (AvgIpc) is 2.23. The van der Waals surface area contributed by atoms with Gasteiger partial charge in [0, 0.05) is 27.8 Å². The summed E-state index contributed by atoms with van der Waals surface area (Å²) in [4.78, 5) is 0. The second-order valence-electron chi connectivity index (χ2n) is 3.56. The van der Waals surface area contributed by atoms with Gasteiger partial charge in [-0.3, -0.25) is 0 Å². The molecule has 0 radical (unpaired) electrons. The molecule has 0 amide bonds. The van der Waals surface area contributed by atoms with Gasteiger partial charge in [0.15, 0.2) is 5.79 Å². The molecular formula is C11H24O3. The third-order valence-electron chi connectivity index (χ3n) is 2.52. The van der Waals surface area contributed by atoms with E-state index >= 15 is 0 Å². The van der Waals surface area contributed by atoms with E-state index in [1.165, 1.54) is 19.3 Å². The minimum Gasteiger partial charge on any atom is -0.379 e. The fourth-order valence-electron chi connectivity index (χ4n) is 1.52. The first-order valence-corrected chi connectivity index (χ1v) is 5.34. The van der Waals surface area contributed by atoms with E-state index in [4.69, 9.17) is 14.2 Å². The average molecular weight is 204 g/mol. The van der Waals surface area contributed by atoms with Crippen LogP contribution in [0.25, 0.3) is 0 Å². The van der Waals surface area contributed by atoms with Gasteiger partial charge in [0.05, 0.1) is 0 Å². The number of unbranched alkanes of at least 4 members (excludes halogenated alkanes) is 3. The third-order valence-corrected chi connectivity index (χ3v) is 2.52. The van der Waals surface area contributed by atoms with Crippen molar-refractivity contribution in [3.05, 3.63) is 0 Å². The molecule has 0 spiro atoms. The molecule has 3 nitrogen and oxygen atoms in total. The van der Waals surface area contributed by atoms with Crippen LogP contribution in [0.15, 0.2) is 0 Å². The third kappa shape index (κ3) is 4.94. The lowest BCUT2D eigenvalue weighted by Gasteiger charge is -2.30. The molecule has 0 aromatic carbocycles. The summed E-state index contributed by atoms with van der Waals surface area (Å²) in [6.07, 6.45) is 5.77. The molecule has 0 aliphatic rings. The molecule has 0 aromatic heterocycles. The minimum absolute atomic E-state index is 0.492. The highest BCUT2D eigenvalue weighted by molar-refractivity contribution is 4.68. The molecule has 0 rings (SSSR count).